The normalized spacial score (nSPS) is 9.96. The summed E-state index contributed by atoms with van der Waals surface area (Å²) < 4.78 is 27.8. The highest BCUT2D eigenvalue weighted by Gasteiger charge is 2.14. The molecule has 0 spiro atoms. The topological polar surface area (TPSA) is 103 Å². The maximum atomic E-state index is 13.0. The first-order chi connectivity index (χ1) is 13.4. The average molecular weight is 411 g/mol. The Kier molecular flexibility index (Phi) is 7.58. The third kappa shape index (κ3) is 6.44. The van der Waals surface area contributed by atoms with Crippen molar-refractivity contribution in [3.8, 4) is 11.5 Å². The predicted molar refractivity (Wildman–Crippen MR) is 96.5 cm³/mol. The molecule has 28 heavy (non-hydrogen) atoms. The van der Waals surface area contributed by atoms with Gasteiger partial charge in [0, 0.05) is 11.1 Å². The van der Waals surface area contributed by atoms with Crippen molar-refractivity contribution in [3.63, 3.8) is 0 Å². The summed E-state index contributed by atoms with van der Waals surface area (Å²) in [6.45, 7) is -1.17. The van der Waals surface area contributed by atoms with Gasteiger partial charge in [0.1, 0.15) is 17.3 Å². The molecule has 0 radical (unpaired) electrons. The van der Waals surface area contributed by atoms with Gasteiger partial charge in [0.15, 0.2) is 13.2 Å². The van der Waals surface area contributed by atoms with Crippen molar-refractivity contribution >= 4 is 29.4 Å². The number of carbonyl (C=O) groups is 3. The van der Waals surface area contributed by atoms with E-state index in [-0.39, 0.29) is 17.1 Å². The summed E-state index contributed by atoms with van der Waals surface area (Å²) >= 11 is 5.83. The van der Waals surface area contributed by atoms with E-state index in [0.29, 0.717) is 5.02 Å². The minimum Gasteiger partial charge on any atom is -0.496 e. The molecule has 0 fully saturated rings. The molecule has 0 bridgehead atoms. The Bertz CT molecular complexity index is 877. The smallest absolute Gasteiger partial charge is 0.344 e. The molecule has 0 saturated carbocycles. The first-order valence-electron chi connectivity index (χ1n) is 7.85. The molecular weight excluding hydrogens is 395 g/mol. The molecular formula is C18H16ClFN2O6. The number of methoxy groups -OCH3 is 1. The standard InChI is InChI=1S/C18H16ClFN2O6/c1-26-15-6-5-11(19)7-14(15)18(25)22-21-16(23)9-28-17(24)10-27-13-4-2-3-12(20)8-13/h2-8H,9-10H2,1H3,(H,21,23)(H,22,25). The second-order valence-electron chi connectivity index (χ2n) is 5.25. The summed E-state index contributed by atoms with van der Waals surface area (Å²) in [7, 11) is 1.38. The van der Waals surface area contributed by atoms with Crippen LogP contribution in [0.4, 0.5) is 4.39 Å². The van der Waals surface area contributed by atoms with Crippen molar-refractivity contribution in [2.45, 2.75) is 0 Å². The largest absolute Gasteiger partial charge is 0.496 e. The van der Waals surface area contributed by atoms with Gasteiger partial charge >= 0.3 is 5.97 Å². The van der Waals surface area contributed by atoms with Gasteiger partial charge in [-0.3, -0.25) is 20.4 Å². The Morgan fingerprint density at radius 2 is 1.86 bits per heavy atom. The van der Waals surface area contributed by atoms with E-state index in [2.05, 4.69) is 10.9 Å². The van der Waals surface area contributed by atoms with Gasteiger partial charge in [0.25, 0.3) is 11.8 Å². The number of hydrazine groups is 1. The molecule has 0 aliphatic rings. The third-order valence-corrected chi connectivity index (χ3v) is 3.47. The highest BCUT2D eigenvalue weighted by molar-refractivity contribution is 6.31. The Balaban J connectivity index is 1.74. The summed E-state index contributed by atoms with van der Waals surface area (Å²) in [6.07, 6.45) is 0. The van der Waals surface area contributed by atoms with Crippen LogP contribution in [0.1, 0.15) is 10.4 Å². The van der Waals surface area contributed by atoms with E-state index in [9.17, 15) is 18.8 Å². The fourth-order valence-electron chi connectivity index (χ4n) is 1.97. The molecule has 8 nitrogen and oxygen atoms in total. The molecule has 0 heterocycles. The van der Waals surface area contributed by atoms with Crippen LogP contribution in [0.2, 0.25) is 5.02 Å². The molecule has 148 valence electrons. The fraction of sp³-hybridized carbons (Fsp3) is 0.167. The number of halogens is 2. The summed E-state index contributed by atoms with van der Waals surface area (Å²) in [4.78, 5) is 35.3. The molecule has 2 aromatic rings. The molecule has 10 heteroatoms. The number of rotatable bonds is 7. The maximum Gasteiger partial charge on any atom is 0.344 e. The van der Waals surface area contributed by atoms with Crippen molar-refractivity contribution in [1.82, 2.24) is 10.9 Å². The summed E-state index contributed by atoms with van der Waals surface area (Å²) in [6, 6.07) is 9.61. The van der Waals surface area contributed by atoms with Crippen LogP contribution in [0.25, 0.3) is 0 Å². The SMILES string of the molecule is COc1ccc(Cl)cc1C(=O)NNC(=O)COC(=O)COc1cccc(F)c1. The van der Waals surface area contributed by atoms with Gasteiger partial charge in [-0.05, 0) is 30.3 Å². The van der Waals surface area contributed by atoms with Crippen molar-refractivity contribution in [3.05, 3.63) is 58.9 Å². The lowest BCUT2D eigenvalue weighted by Crippen LogP contribution is -2.43. The predicted octanol–water partition coefficient (Wildman–Crippen LogP) is 1.87. The molecule has 2 rings (SSSR count). The molecule has 0 unspecified atom stereocenters. The summed E-state index contributed by atoms with van der Waals surface area (Å²) in [5.74, 6) is -2.41. The minimum atomic E-state index is -0.845. The van der Waals surface area contributed by atoms with E-state index in [1.165, 1.54) is 37.4 Å². The van der Waals surface area contributed by atoms with Crippen molar-refractivity contribution in [2.24, 2.45) is 0 Å². The molecule has 2 aromatic carbocycles. The van der Waals surface area contributed by atoms with Gasteiger partial charge in [0.05, 0.1) is 12.7 Å². The van der Waals surface area contributed by atoms with Crippen LogP contribution in [-0.4, -0.2) is 38.1 Å². The second-order valence-corrected chi connectivity index (χ2v) is 5.69. The number of hydrogen-bond donors (Lipinski definition) is 2. The lowest BCUT2D eigenvalue weighted by atomic mass is 10.2. The molecule has 0 aromatic heterocycles. The number of esters is 1. The lowest BCUT2D eigenvalue weighted by molar-refractivity contribution is -0.150. The van der Waals surface area contributed by atoms with E-state index in [0.717, 1.165) is 6.07 Å². The first kappa shape index (κ1) is 21.0. The number of ether oxygens (including phenoxy) is 3. The van der Waals surface area contributed by atoms with E-state index in [1.54, 1.807) is 6.07 Å². The maximum absolute atomic E-state index is 13.0. The van der Waals surface area contributed by atoms with Crippen LogP contribution in [0, 0.1) is 5.82 Å². The zero-order valence-electron chi connectivity index (χ0n) is 14.7. The number of amides is 2. The zero-order chi connectivity index (χ0) is 20.5. The Morgan fingerprint density at radius 3 is 2.57 bits per heavy atom. The first-order valence-corrected chi connectivity index (χ1v) is 8.23. The van der Waals surface area contributed by atoms with Crippen LogP contribution >= 0.6 is 11.6 Å². The van der Waals surface area contributed by atoms with Crippen LogP contribution in [-0.2, 0) is 14.3 Å². The Morgan fingerprint density at radius 1 is 1.07 bits per heavy atom. The van der Waals surface area contributed by atoms with E-state index in [4.69, 9.17) is 25.8 Å². The van der Waals surface area contributed by atoms with Gasteiger partial charge < -0.3 is 14.2 Å². The van der Waals surface area contributed by atoms with Crippen molar-refractivity contribution < 1.29 is 33.0 Å². The lowest BCUT2D eigenvalue weighted by Gasteiger charge is -2.11. The average Bonchev–Trinajstić information content (AvgIpc) is 2.68. The summed E-state index contributed by atoms with van der Waals surface area (Å²) in [5.41, 5.74) is 4.34. The monoisotopic (exact) mass is 410 g/mol. The van der Waals surface area contributed by atoms with Gasteiger partial charge in [-0.1, -0.05) is 17.7 Å². The fourth-order valence-corrected chi connectivity index (χ4v) is 2.15. The van der Waals surface area contributed by atoms with E-state index >= 15 is 0 Å². The van der Waals surface area contributed by atoms with E-state index < -0.39 is 36.8 Å². The number of nitrogens with one attached hydrogen (secondary N) is 2. The highest BCUT2D eigenvalue weighted by atomic mass is 35.5. The van der Waals surface area contributed by atoms with Crippen molar-refractivity contribution in [2.75, 3.05) is 20.3 Å². The number of carbonyl (C=O) groups excluding carboxylic acids is 3. The quantitative estimate of drug-likeness (QED) is 0.533. The van der Waals surface area contributed by atoms with Gasteiger partial charge in [-0.2, -0.15) is 0 Å². The Labute approximate surface area is 164 Å². The molecule has 2 amide bonds. The molecule has 0 aliphatic carbocycles. The molecule has 0 saturated heterocycles. The third-order valence-electron chi connectivity index (χ3n) is 3.24. The number of benzene rings is 2. The highest BCUT2D eigenvalue weighted by Crippen LogP contribution is 2.22. The minimum absolute atomic E-state index is 0.107. The van der Waals surface area contributed by atoms with Crippen LogP contribution in [0.15, 0.2) is 42.5 Å². The Hall–Kier alpha value is -3.33. The van der Waals surface area contributed by atoms with Gasteiger partial charge in [-0.25, -0.2) is 9.18 Å². The van der Waals surface area contributed by atoms with Crippen molar-refractivity contribution in [1.29, 1.82) is 0 Å². The van der Waals surface area contributed by atoms with Crippen LogP contribution < -0.4 is 20.3 Å². The molecule has 2 N–H and O–H groups in total. The summed E-state index contributed by atoms with van der Waals surface area (Å²) in [5, 5.41) is 0.310. The zero-order valence-corrected chi connectivity index (χ0v) is 15.4. The van der Waals surface area contributed by atoms with Gasteiger partial charge in [-0.15, -0.1) is 0 Å². The van der Waals surface area contributed by atoms with Crippen LogP contribution in [0.5, 0.6) is 11.5 Å². The molecule has 0 atom stereocenters. The van der Waals surface area contributed by atoms with E-state index in [1.807, 2.05) is 0 Å². The van der Waals surface area contributed by atoms with Crippen LogP contribution in [0.3, 0.4) is 0 Å². The number of hydrogen-bond acceptors (Lipinski definition) is 6. The molecule has 0 aliphatic heterocycles. The second kappa shape index (κ2) is 10.1. The van der Waals surface area contributed by atoms with Gasteiger partial charge in [0.2, 0.25) is 0 Å².